The van der Waals surface area contributed by atoms with Crippen LogP contribution in [0.3, 0.4) is 0 Å². The highest BCUT2D eigenvalue weighted by Crippen LogP contribution is 2.27. The van der Waals surface area contributed by atoms with E-state index in [0.29, 0.717) is 19.4 Å². The van der Waals surface area contributed by atoms with Crippen molar-refractivity contribution in [2.75, 3.05) is 18.8 Å². The number of fused-ring (bicyclic) bond motifs is 1. The van der Waals surface area contributed by atoms with Crippen molar-refractivity contribution in [1.29, 1.82) is 0 Å². The predicted molar refractivity (Wildman–Crippen MR) is 103 cm³/mol. The van der Waals surface area contributed by atoms with Crippen LogP contribution in [0.25, 0.3) is 11.1 Å². The van der Waals surface area contributed by atoms with Gasteiger partial charge in [0.1, 0.15) is 11.1 Å². The standard InChI is InChI=1S/C18H23N3O7S/c1-18(2,3)28-17(22)20-8-4-5-12(10-20)11-29(25,26)16-19-14-9-13(21(23)24)6-7-15(14)27-16/h6-7,9,12H,4-5,8,10-11H2,1-3H3/t12-/m1/s1. The maximum absolute atomic E-state index is 12.8. The number of nitro groups is 1. The molecule has 3 rings (SSSR count). The maximum Gasteiger partial charge on any atom is 0.410 e. The summed E-state index contributed by atoms with van der Waals surface area (Å²) in [7, 11) is -3.87. The van der Waals surface area contributed by atoms with Crippen LogP contribution >= 0.6 is 0 Å². The first kappa shape index (κ1) is 21.0. The van der Waals surface area contributed by atoms with E-state index in [1.165, 1.54) is 23.1 Å². The Bertz CT molecular complexity index is 1040. The second-order valence-electron chi connectivity index (χ2n) is 8.10. The van der Waals surface area contributed by atoms with Crippen LogP contribution in [0.1, 0.15) is 33.6 Å². The summed E-state index contributed by atoms with van der Waals surface area (Å²) in [6, 6.07) is 3.72. The average Bonchev–Trinajstić information content (AvgIpc) is 3.04. The Kier molecular flexibility index (Phi) is 5.52. The number of non-ortho nitro benzene ring substituents is 1. The van der Waals surface area contributed by atoms with E-state index in [4.69, 9.17) is 9.15 Å². The number of benzene rings is 1. The summed E-state index contributed by atoms with van der Waals surface area (Å²) >= 11 is 0. The highest BCUT2D eigenvalue weighted by Gasteiger charge is 2.32. The summed E-state index contributed by atoms with van der Waals surface area (Å²) in [6.45, 7) is 6.09. The Balaban J connectivity index is 1.74. The Morgan fingerprint density at radius 1 is 1.41 bits per heavy atom. The molecule has 10 nitrogen and oxygen atoms in total. The zero-order valence-electron chi connectivity index (χ0n) is 16.5. The van der Waals surface area contributed by atoms with Crippen molar-refractivity contribution >= 4 is 32.7 Å². The predicted octanol–water partition coefficient (Wildman–Crippen LogP) is 3.16. The number of nitro benzene ring substituents is 1. The van der Waals surface area contributed by atoms with Gasteiger partial charge < -0.3 is 14.1 Å². The van der Waals surface area contributed by atoms with Crippen LogP contribution in [0.15, 0.2) is 27.8 Å². The van der Waals surface area contributed by atoms with Crippen LogP contribution in [-0.2, 0) is 14.6 Å². The zero-order valence-corrected chi connectivity index (χ0v) is 17.3. The summed E-state index contributed by atoms with van der Waals surface area (Å²) in [5.74, 6) is -0.521. The van der Waals surface area contributed by atoms with Gasteiger partial charge in [0.05, 0.1) is 10.7 Å². The first-order valence-corrected chi connectivity index (χ1v) is 10.9. The topological polar surface area (TPSA) is 133 Å². The van der Waals surface area contributed by atoms with E-state index < -0.39 is 31.7 Å². The van der Waals surface area contributed by atoms with Gasteiger partial charge in [-0.3, -0.25) is 10.1 Å². The molecule has 1 atom stereocenters. The van der Waals surface area contributed by atoms with Gasteiger partial charge in [0.25, 0.3) is 5.69 Å². The molecule has 0 N–H and O–H groups in total. The highest BCUT2D eigenvalue weighted by molar-refractivity contribution is 7.91. The number of piperidine rings is 1. The van der Waals surface area contributed by atoms with E-state index >= 15 is 0 Å². The number of aromatic nitrogens is 1. The fourth-order valence-electron chi connectivity index (χ4n) is 3.22. The summed E-state index contributed by atoms with van der Waals surface area (Å²) in [5.41, 5.74) is -0.559. The van der Waals surface area contributed by atoms with Crippen molar-refractivity contribution in [2.24, 2.45) is 5.92 Å². The maximum atomic E-state index is 12.8. The van der Waals surface area contributed by atoms with E-state index in [9.17, 15) is 23.3 Å². The molecule has 1 amide bonds. The van der Waals surface area contributed by atoms with Crippen molar-refractivity contribution in [3.63, 3.8) is 0 Å². The number of hydrogen-bond donors (Lipinski definition) is 0. The van der Waals surface area contributed by atoms with Crippen LogP contribution < -0.4 is 0 Å². The molecule has 1 aromatic heterocycles. The molecule has 0 bridgehead atoms. The molecule has 11 heteroatoms. The van der Waals surface area contributed by atoms with Crippen molar-refractivity contribution < 1.29 is 27.3 Å². The van der Waals surface area contributed by atoms with E-state index in [2.05, 4.69) is 4.98 Å². The fraction of sp³-hybridized carbons (Fsp3) is 0.556. The van der Waals surface area contributed by atoms with Crippen molar-refractivity contribution in [1.82, 2.24) is 9.88 Å². The van der Waals surface area contributed by atoms with Gasteiger partial charge in [-0.25, -0.2) is 13.2 Å². The Morgan fingerprint density at radius 2 is 2.14 bits per heavy atom. The number of nitrogens with zero attached hydrogens (tertiary/aromatic N) is 3. The van der Waals surface area contributed by atoms with Gasteiger partial charge in [-0.1, -0.05) is 0 Å². The molecule has 0 aliphatic carbocycles. The largest absolute Gasteiger partial charge is 0.444 e. The minimum absolute atomic E-state index is 0.108. The van der Waals surface area contributed by atoms with E-state index in [1.807, 2.05) is 0 Å². The SMILES string of the molecule is CC(C)(C)OC(=O)N1CCC[C@@H](CS(=O)(=O)c2nc3cc([N+](=O)[O-])ccc3o2)C1. The molecule has 158 valence electrons. The van der Waals surface area contributed by atoms with Crippen LogP contribution in [0, 0.1) is 16.0 Å². The molecule has 1 fully saturated rings. The van der Waals surface area contributed by atoms with Crippen LogP contribution in [0.2, 0.25) is 0 Å². The quantitative estimate of drug-likeness (QED) is 0.539. The first-order chi connectivity index (χ1) is 13.4. The number of oxazole rings is 1. The number of carbonyl (C=O) groups is 1. The van der Waals surface area contributed by atoms with Gasteiger partial charge >= 0.3 is 11.3 Å². The number of hydrogen-bond acceptors (Lipinski definition) is 8. The summed E-state index contributed by atoms with van der Waals surface area (Å²) < 4.78 is 36.2. The van der Waals surface area contributed by atoms with Crippen LogP contribution in [0.5, 0.6) is 0 Å². The monoisotopic (exact) mass is 425 g/mol. The Hall–Kier alpha value is -2.69. The first-order valence-electron chi connectivity index (χ1n) is 9.20. The number of likely N-dealkylation sites (tertiary alicyclic amines) is 1. The molecule has 2 aromatic rings. The van der Waals surface area contributed by atoms with Gasteiger partial charge in [-0.2, -0.15) is 4.98 Å². The second kappa shape index (κ2) is 7.62. The van der Waals surface area contributed by atoms with E-state index in [-0.39, 0.29) is 35.0 Å². The molecule has 0 unspecified atom stereocenters. The lowest BCUT2D eigenvalue weighted by atomic mass is 10.0. The number of rotatable bonds is 4. The van der Waals surface area contributed by atoms with Crippen molar-refractivity contribution in [3.8, 4) is 0 Å². The Labute approximate surface area is 167 Å². The lowest BCUT2D eigenvalue weighted by molar-refractivity contribution is -0.384. The third-order valence-corrected chi connectivity index (χ3v) is 6.07. The molecule has 0 radical (unpaired) electrons. The molecule has 2 heterocycles. The molecule has 29 heavy (non-hydrogen) atoms. The molecule has 1 aliphatic heterocycles. The van der Waals surface area contributed by atoms with Crippen LogP contribution in [0.4, 0.5) is 10.5 Å². The Morgan fingerprint density at radius 3 is 2.79 bits per heavy atom. The molecule has 1 saturated heterocycles. The third-order valence-electron chi connectivity index (χ3n) is 4.45. The highest BCUT2D eigenvalue weighted by atomic mass is 32.2. The lowest BCUT2D eigenvalue weighted by Gasteiger charge is -2.33. The number of carbonyl (C=O) groups excluding carboxylic acids is 1. The van der Waals surface area contributed by atoms with Gasteiger partial charge in [0, 0.05) is 25.2 Å². The summed E-state index contributed by atoms with van der Waals surface area (Å²) in [5, 5.41) is 10.4. The van der Waals surface area contributed by atoms with Crippen LogP contribution in [-0.4, -0.2) is 53.8 Å². The fourth-order valence-corrected chi connectivity index (χ4v) is 4.71. The lowest BCUT2D eigenvalue weighted by Crippen LogP contribution is -2.44. The smallest absolute Gasteiger partial charge is 0.410 e. The minimum atomic E-state index is -3.87. The minimum Gasteiger partial charge on any atom is -0.444 e. The van der Waals surface area contributed by atoms with Gasteiger partial charge in [-0.05, 0) is 45.6 Å². The van der Waals surface area contributed by atoms with E-state index in [0.717, 1.165) is 0 Å². The number of sulfone groups is 1. The van der Waals surface area contributed by atoms with E-state index in [1.54, 1.807) is 20.8 Å². The zero-order chi connectivity index (χ0) is 21.4. The van der Waals surface area contributed by atoms with Crippen molar-refractivity contribution in [2.45, 2.75) is 44.4 Å². The summed E-state index contributed by atoms with van der Waals surface area (Å²) in [6.07, 6.45) is 0.845. The number of ether oxygens (including phenoxy) is 1. The van der Waals surface area contributed by atoms with Gasteiger partial charge in [0.2, 0.25) is 9.84 Å². The molecule has 0 saturated carbocycles. The summed E-state index contributed by atoms with van der Waals surface area (Å²) in [4.78, 5) is 28.0. The van der Waals surface area contributed by atoms with Crippen molar-refractivity contribution in [3.05, 3.63) is 28.3 Å². The second-order valence-corrected chi connectivity index (χ2v) is 10.0. The molecule has 0 spiro atoms. The number of amides is 1. The van der Waals surface area contributed by atoms with Gasteiger partial charge in [0.15, 0.2) is 5.58 Å². The molecular formula is C18H23N3O7S. The molecule has 1 aromatic carbocycles. The van der Waals surface area contributed by atoms with Gasteiger partial charge in [-0.15, -0.1) is 0 Å². The molecule has 1 aliphatic rings. The average molecular weight is 425 g/mol. The third kappa shape index (κ3) is 5.03. The normalized spacial score (nSPS) is 18.0. The molecular weight excluding hydrogens is 402 g/mol.